The van der Waals surface area contributed by atoms with E-state index in [-0.39, 0.29) is 0 Å². The molecule has 0 fully saturated rings. The highest BCUT2D eigenvalue weighted by Gasteiger charge is 2.22. The van der Waals surface area contributed by atoms with Crippen LogP contribution in [0.3, 0.4) is 0 Å². The van der Waals surface area contributed by atoms with Crippen molar-refractivity contribution >= 4 is 92.1 Å². The number of furan rings is 1. The minimum atomic E-state index is -1.57. The number of hydrogen-bond donors (Lipinski definition) is 0. The number of fused-ring (bicyclic) bond motifs is 9. The lowest BCUT2D eigenvalue weighted by Gasteiger charge is -2.17. The molecule has 0 unspecified atom stereocenters. The predicted molar refractivity (Wildman–Crippen MR) is 234 cm³/mol. The maximum atomic E-state index is 6.22. The number of benzene rings is 7. The zero-order valence-corrected chi connectivity index (χ0v) is 33.2. The Morgan fingerprint density at radius 2 is 0.830 bits per heavy atom. The molecule has 3 nitrogen and oxygen atoms in total. The fourth-order valence-corrected chi connectivity index (χ4v) is 10.6. The van der Waals surface area contributed by atoms with Gasteiger partial charge in [-0.2, -0.15) is 0 Å². The van der Waals surface area contributed by atoms with Crippen LogP contribution in [0, 0.1) is 0 Å². The summed E-state index contributed by atoms with van der Waals surface area (Å²) in [6, 6.07) is 54.2. The van der Waals surface area contributed by atoms with Crippen molar-refractivity contribution in [3.05, 3.63) is 146 Å². The van der Waals surface area contributed by atoms with Gasteiger partial charge in [0.15, 0.2) is 0 Å². The molecule has 10 aromatic rings. The highest BCUT2D eigenvalue weighted by molar-refractivity contribution is 6.89. The van der Waals surface area contributed by atoms with Crippen molar-refractivity contribution in [3.8, 4) is 22.5 Å². The van der Waals surface area contributed by atoms with E-state index in [2.05, 4.69) is 188 Å². The van der Waals surface area contributed by atoms with E-state index in [1.807, 2.05) is 6.07 Å². The third-order valence-corrected chi connectivity index (χ3v) is 15.3. The van der Waals surface area contributed by atoms with Crippen molar-refractivity contribution in [2.24, 2.45) is 0 Å². The van der Waals surface area contributed by atoms with Gasteiger partial charge in [0.25, 0.3) is 0 Å². The predicted octanol–water partition coefficient (Wildman–Crippen LogP) is 12.5. The van der Waals surface area contributed by atoms with Gasteiger partial charge in [0, 0.05) is 43.7 Å². The monoisotopic (exact) mass is 718 g/mol. The first-order chi connectivity index (χ1) is 25.5. The summed E-state index contributed by atoms with van der Waals surface area (Å²) in [6.45, 7) is 14.6. The number of rotatable bonds is 5. The average molecular weight is 719 g/mol. The van der Waals surface area contributed by atoms with Gasteiger partial charge < -0.3 is 13.6 Å². The van der Waals surface area contributed by atoms with Gasteiger partial charge in [-0.3, -0.25) is 0 Å². The summed E-state index contributed by atoms with van der Waals surface area (Å²) in [5.41, 5.74) is 11.6. The van der Waals surface area contributed by atoms with Crippen LogP contribution < -0.4 is 10.4 Å². The fraction of sp³-hybridized carbons (Fsp3) is 0.125. The third-order valence-electron chi connectivity index (χ3n) is 11.2. The standard InChI is InChI=1S/C48H42N2OSi2/c1-52(2,3)35-19-23-45-40(29-35)38-26-31(16-21-43(38)49(45)33-12-8-7-9-13-33)32-17-22-44-39(27-32)41-30-36(53(4,5)6)20-24-46(41)50(44)34-18-25-48-42(28-34)37-14-10-11-15-47(37)51-48/h7-30H,1-6H3. The Morgan fingerprint density at radius 1 is 0.358 bits per heavy atom. The molecule has 0 amide bonds. The van der Waals surface area contributed by atoms with Gasteiger partial charge in [-0.05, 0) is 83.9 Å². The molecule has 0 atom stereocenters. The van der Waals surface area contributed by atoms with Crippen molar-refractivity contribution in [2.75, 3.05) is 0 Å². The topological polar surface area (TPSA) is 23.0 Å². The van der Waals surface area contributed by atoms with Crippen LogP contribution in [0.25, 0.3) is 88.1 Å². The molecular formula is C48H42N2OSi2. The van der Waals surface area contributed by atoms with Crippen molar-refractivity contribution in [3.63, 3.8) is 0 Å². The highest BCUT2D eigenvalue weighted by Crippen LogP contribution is 2.39. The maximum Gasteiger partial charge on any atom is 0.135 e. The molecule has 0 bridgehead atoms. The molecule has 0 saturated carbocycles. The molecule has 0 radical (unpaired) electrons. The summed E-state index contributed by atoms with van der Waals surface area (Å²) < 4.78 is 11.1. The lowest BCUT2D eigenvalue weighted by molar-refractivity contribution is 0.669. The number of aromatic nitrogens is 2. The van der Waals surface area contributed by atoms with Gasteiger partial charge in [0.05, 0.1) is 38.2 Å². The van der Waals surface area contributed by atoms with Crippen LogP contribution in [0.15, 0.2) is 150 Å². The zero-order chi connectivity index (χ0) is 36.2. The van der Waals surface area contributed by atoms with E-state index in [1.54, 1.807) is 0 Å². The van der Waals surface area contributed by atoms with E-state index in [1.165, 1.54) is 70.8 Å². The van der Waals surface area contributed by atoms with Crippen LogP contribution >= 0.6 is 0 Å². The first kappa shape index (κ1) is 32.1. The van der Waals surface area contributed by atoms with Gasteiger partial charge in [0.1, 0.15) is 11.2 Å². The van der Waals surface area contributed by atoms with Gasteiger partial charge in [-0.25, -0.2) is 0 Å². The second kappa shape index (κ2) is 11.4. The number of para-hydroxylation sites is 2. The Kier molecular flexibility index (Phi) is 6.92. The lowest BCUT2D eigenvalue weighted by atomic mass is 10.0. The number of hydrogen-bond acceptors (Lipinski definition) is 1. The lowest BCUT2D eigenvalue weighted by Crippen LogP contribution is -2.37. The Bertz CT molecular complexity index is 3080. The van der Waals surface area contributed by atoms with Gasteiger partial charge in [-0.15, -0.1) is 0 Å². The normalized spacial score (nSPS) is 12.7. The zero-order valence-electron chi connectivity index (χ0n) is 31.2. The third kappa shape index (κ3) is 5.06. The van der Waals surface area contributed by atoms with Crippen LogP contribution in [0.4, 0.5) is 0 Å². The van der Waals surface area contributed by atoms with Gasteiger partial charge >= 0.3 is 0 Å². The fourth-order valence-electron chi connectivity index (χ4n) is 8.33. The summed E-state index contributed by atoms with van der Waals surface area (Å²) in [5.74, 6) is 0. The minimum Gasteiger partial charge on any atom is -0.456 e. The average Bonchev–Trinajstić information content (AvgIpc) is 3.80. The smallest absolute Gasteiger partial charge is 0.135 e. The van der Waals surface area contributed by atoms with Crippen LogP contribution in [-0.2, 0) is 0 Å². The van der Waals surface area contributed by atoms with E-state index in [0.717, 1.165) is 27.6 Å². The number of nitrogens with zero attached hydrogens (tertiary/aromatic N) is 2. The molecule has 7 aromatic carbocycles. The highest BCUT2D eigenvalue weighted by atomic mass is 28.3. The molecule has 0 spiro atoms. The van der Waals surface area contributed by atoms with Crippen LogP contribution in [0.5, 0.6) is 0 Å². The van der Waals surface area contributed by atoms with E-state index < -0.39 is 16.1 Å². The van der Waals surface area contributed by atoms with Gasteiger partial charge in [0.2, 0.25) is 0 Å². The summed E-state index contributed by atoms with van der Waals surface area (Å²) in [7, 11) is -3.09. The summed E-state index contributed by atoms with van der Waals surface area (Å²) in [4.78, 5) is 0. The largest absolute Gasteiger partial charge is 0.456 e. The molecule has 258 valence electrons. The van der Waals surface area contributed by atoms with Gasteiger partial charge in [-0.1, -0.05) is 122 Å². The summed E-state index contributed by atoms with van der Waals surface area (Å²) >= 11 is 0. The summed E-state index contributed by atoms with van der Waals surface area (Å²) in [5, 5.41) is 10.5. The van der Waals surface area contributed by atoms with Crippen molar-refractivity contribution in [1.82, 2.24) is 9.13 Å². The Balaban J connectivity index is 1.21. The SMILES string of the molecule is C[Si](C)(C)c1ccc2c(c1)c1cc(-c3ccc4c(c3)c3cc([Si](C)(C)C)ccc3n4-c3ccc4oc5ccccc5c4c3)ccc1n2-c1ccccc1. The van der Waals surface area contributed by atoms with Crippen LogP contribution in [0.1, 0.15) is 0 Å². The second-order valence-corrected chi connectivity index (χ2v) is 26.9. The molecule has 5 heteroatoms. The van der Waals surface area contributed by atoms with Crippen molar-refractivity contribution < 1.29 is 4.42 Å². The van der Waals surface area contributed by atoms with Crippen LogP contribution in [0.2, 0.25) is 39.3 Å². The van der Waals surface area contributed by atoms with Crippen molar-refractivity contribution in [2.45, 2.75) is 39.3 Å². The molecule has 10 rings (SSSR count). The first-order valence-corrected chi connectivity index (χ1v) is 25.7. The van der Waals surface area contributed by atoms with E-state index in [4.69, 9.17) is 4.42 Å². The maximum absolute atomic E-state index is 6.22. The molecule has 3 aromatic heterocycles. The quantitative estimate of drug-likeness (QED) is 0.163. The van der Waals surface area contributed by atoms with Crippen molar-refractivity contribution in [1.29, 1.82) is 0 Å². The Morgan fingerprint density at radius 3 is 1.40 bits per heavy atom. The Labute approximate surface area is 311 Å². The molecule has 3 heterocycles. The molecule has 0 N–H and O–H groups in total. The minimum absolute atomic E-state index is 0.917. The van der Waals surface area contributed by atoms with E-state index >= 15 is 0 Å². The first-order valence-electron chi connectivity index (χ1n) is 18.7. The van der Waals surface area contributed by atoms with E-state index in [0.29, 0.717) is 0 Å². The molecule has 0 aliphatic rings. The van der Waals surface area contributed by atoms with E-state index in [9.17, 15) is 0 Å². The molecule has 0 saturated heterocycles. The Hall–Kier alpha value is -5.63. The summed E-state index contributed by atoms with van der Waals surface area (Å²) in [6.07, 6.45) is 0. The molecular weight excluding hydrogens is 677 g/mol. The molecule has 0 aliphatic carbocycles. The molecule has 53 heavy (non-hydrogen) atoms. The molecule has 0 aliphatic heterocycles. The van der Waals surface area contributed by atoms with Crippen LogP contribution in [-0.4, -0.2) is 25.3 Å². The second-order valence-electron chi connectivity index (χ2n) is 16.7.